The number of anilines is 1. The van der Waals surface area contributed by atoms with Crippen molar-refractivity contribution in [2.24, 2.45) is 5.73 Å². The van der Waals surface area contributed by atoms with Gasteiger partial charge in [0.25, 0.3) is 0 Å². The molecule has 0 saturated carbocycles. The number of nitrogens with zero attached hydrogens (tertiary/aromatic N) is 2. The standard InChI is InChI=1S/C21H20F3N3O4/c22-15-8-17(24)16(23)6-13(15)5-14(25)7-19(28)26-9-12-3-1-2-4-18(12)27(11-21(30)31)20(29)10-26/h1-4,6,8,14H,5,7,9-11,25H2,(H,30,31). The zero-order chi connectivity index (χ0) is 22.7. The average Bonchev–Trinajstić information content (AvgIpc) is 2.83. The van der Waals surface area contributed by atoms with E-state index >= 15 is 0 Å². The molecule has 2 aromatic carbocycles. The van der Waals surface area contributed by atoms with Gasteiger partial charge in [0.05, 0.1) is 0 Å². The van der Waals surface area contributed by atoms with E-state index in [-0.39, 0.29) is 31.5 Å². The first-order valence-electron chi connectivity index (χ1n) is 9.42. The van der Waals surface area contributed by atoms with Crippen LogP contribution < -0.4 is 10.6 Å². The first-order chi connectivity index (χ1) is 14.7. The quantitative estimate of drug-likeness (QED) is 0.674. The Morgan fingerprint density at radius 1 is 1.06 bits per heavy atom. The molecule has 7 nitrogen and oxygen atoms in total. The van der Waals surface area contributed by atoms with Crippen LogP contribution in [0.15, 0.2) is 36.4 Å². The Kier molecular flexibility index (Phi) is 6.59. The van der Waals surface area contributed by atoms with Crippen molar-refractivity contribution >= 4 is 23.5 Å². The number of fused-ring (bicyclic) bond motifs is 1. The molecule has 1 aliphatic rings. The molecular weight excluding hydrogens is 415 g/mol. The molecule has 164 valence electrons. The number of carboxylic acid groups (broad SMARTS) is 1. The fourth-order valence-corrected chi connectivity index (χ4v) is 3.47. The van der Waals surface area contributed by atoms with Gasteiger partial charge in [-0.2, -0.15) is 0 Å². The summed E-state index contributed by atoms with van der Waals surface area (Å²) in [5, 5.41) is 9.12. The molecule has 10 heteroatoms. The summed E-state index contributed by atoms with van der Waals surface area (Å²) in [6.45, 7) is -0.844. The second-order valence-electron chi connectivity index (χ2n) is 7.28. The number of aliphatic carboxylic acids is 1. The summed E-state index contributed by atoms with van der Waals surface area (Å²) in [6, 6.07) is 6.85. The maximum atomic E-state index is 13.8. The normalized spacial score (nSPS) is 14.8. The predicted octanol–water partition coefficient (Wildman–Crippen LogP) is 1.82. The van der Waals surface area contributed by atoms with Crippen molar-refractivity contribution in [1.29, 1.82) is 0 Å². The lowest BCUT2D eigenvalue weighted by Crippen LogP contribution is -2.43. The maximum absolute atomic E-state index is 13.8. The highest BCUT2D eigenvalue weighted by Crippen LogP contribution is 2.26. The molecule has 0 aromatic heterocycles. The number of halogens is 3. The number of hydrogen-bond acceptors (Lipinski definition) is 4. The Morgan fingerprint density at radius 3 is 2.45 bits per heavy atom. The lowest BCUT2D eigenvalue weighted by atomic mass is 10.0. The highest BCUT2D eigenvalue weighted by molar-refractivity contribution is 6.01. The number of nitrogens with two attached hydrogens (primary N) is 1. The first kappa shape index (κ1) is 22.3. The summed E-state index contributed by atoms with van der Waals surface area (Å²) >= 11 is 0. The highest BCUT2D eigenvalue weighted by atomic mass is 19.2. The molecular formula is C21H20F3N3O4. The molecule has 31 heavy (non-hydrogen) atoms. The highest BCUT2D eigenvalue weighted by Gasteiger charge is 2.30. The molecule has 0 bridgehead atoms. The van der Waals surface area contributed by atoms with Gasteiger partial charge in [0.2, 0.25) is 11.8 Å². The van der Waals surface area contributed by atoms with Crippen LogP contribution in [0.25, 0.3) is 0 Å². The Bertz CT molecular complexity index is 1030. The molecule has 1 heterocycles. The minimum Gasteiger partial charge on any atom is -0.480 e. The van der Waals surface area contributed by atoms with E-state index < -0.39 is 47.8 Å². The predicted molar refractivity (Wildman–Crippen MR) is 104 cm³/mol. The summed E-state index contributed by atoms with van der Waals surface area (Å²) in [6.07, 6.45) is -0.481. The summed E-state index contributed by atoms with van der Waals surface area (Å²) in [5.41, 5.74) is 6.75. The number of carbonyl (C=O) groups is 3. The number of amides is 2. The van der Waals surface area contributed by atoms with Gasteiger partial charge in [0.1, 0.15) is 18.9 Å². The fourth-order valence-electron chi connectivity index (χ4n) is 3.47. The minimum atomic E-state index is -1.32. The lowest BCUT2D eigenvalue weighted by molar-refractivity contribution is -0.137. The number of carbonyl (C=O) groups excluding carboxylic acids is 2. The smallest absolute Gasteiger partial charge is 0.323 e. The van der Waals surface area contributed by atoms with Crippen LogP contribution in [0, 0.1) is 17.5 Å². The monoisotopic (exact) mass is 435 g/mol. The van der Waals surface area contributed by atoms with E-state index in [0.29, 0.717) is 23.4 Å². The molecule has 0 saturated heterocycles. The van der Waals surface area contributed by atoms with Crippen molar-refractivity contribution in [1.82, 2.24) is 4.90 Å². The van der Waals surface area contributed by atoms with E-state index in [4.69, 9.17) is 10.8 Å². The van der Waals surface area contributed by atoms with Crippen molar-refractivity contribution < 1.29 is 32.7 Å². The summed E-state index contributed by atoms with van der Waals surface area (Å²) in [7, 11) is 0. The van der Waals surface area contributed by atoms with Gasteiger partial charge in [-0.25, -0.2) is 13.2 Å². The van der Waals surface area contributed by atoms with Crippen molar-refractivity contribution in [3.05, 3.63) is 65.0 Å². The molecule has 2 aromatic rings. The molecule has 0 aliphatic carbocycles. The molecule has 3 N–H and O–H groups in total. The van der Waals surface area contributed by atoms with Crippen LogP contribution in [0.5, 0.6) is 0 Å². The number of carboxylic acids is 1. The second-order valence-corrected chi connectivity index (χ2v) is 7.28. The van der Waals surface area contributed by atoms with E-state index in [0.717, 1.165) is 4.90 Å². The topological polar surface area (TPSA) is 104 Å². The molecule has 2 amide bonds. The van der Waals surface area contributed by atoms with Gasteiger partial charge in [0, 0.05) is 30.8 Å². The van der Waals surface area contributed by atoms with Gasteiger partial charge in [-0.15, -0.1) is 0 Å². The van der Waals surface area contributed by atoms with Gasteiger partial charge >= 0.3 is 5.97 Å². The van der Waals surface area contributed by atoms with Crippen molar-refractivity contribution in [2.75, 3.05) is 18.0 Å². The SMILES string of the molecule is NC(CC(=O)N1CC(=O)N(CC(=O)O)c2ccccc2C1)Cc1cc(F)c(F)cc1F. The molecule has 1 unspecified atom stereocenters. The van der Waals surface area contributed by atoms with E-state index in [1.807, 2.05) is 0 Å². The zero-order valence-electron chi connectivity index (χ0n) is 16.4. The van der Waals surface area contributed by atoms with E-state index in [1.54, 1.807) is 24.3 Å². The first-order valence-corrected chi connectivity index (χ1v) is 9.42. The second kappa shape index (κ2) is 9.17. The molecule has 1 aliphatic heterocycles. The number of rotatable bonds is 6. The van der Waals surface area contributed by atoms with E-state index in [9.17, 15) is 27.6 Å². The van der Waals surface area contributed by atoms with Gasteiger partial charge in [-0.3, -0.25) is 19.3 Å². The summed E-state index contributed by atoms with van der Waals surface area (Å²) in [5.74, 6) is -5.78. The zero-order valence-corrected chi connectivity index (χ0v) is 16.4. The van der Waals surface area contributed by atoms with Crippen LogP contribution in [0.3, 0.4) is 0 Å². The molecule has 0 fully saturated rings. The van der Waals surface area contributed by atoms with Gasteiger partial charge in [0.15, 0.2) is 11.6 Å². The Hall–Kier alpha value is -3.40. The van der Waals surface area contributed by atoms with Crippen molar-refractivity contribution in [3.63, 3.8) is 0 Å². The van der Waals surface area contributed by atoms with E-state index in [1.165, 1.54) is 4.90 Å². The number of hydrogen-bond donors (Lipinski definition) is 2. The lowest BCUT2D eigenvalue weighted by Gasteiger charge is -2.22. The van der Waals surface area contributed by atoms with E-state index in [2.05, 4.69) is 0 Å². The fraction of sp³-hybridized carbons (Fsp3) is 0.286. The van der Waals surface area contributed by atoms with Gasteiger partial charge < -0.3 is 15.7 Å². The van der Waals surface area contributed by atoms with Crippen LogP contribution in [0.1, 0.15) is 17.5 Å². The van der Waals surface area contributed by atoms with Crippen LogP contribution in [-0.4, -0.2) is 46.9 Å². The summed E-state index contributed by atoms with van der Waals surface area (Å²) < 4.78 is 40.3. The third kappa shape index (κ3) is 5.21. The maximum Gasteiger partial charge on any atom is 0.323 e. The third-order valence-corrected chi connectivity index (χ3v) is 4.93. The Morgan fingerprint density at radius 2 is 1.74 bits per heavy atom. The van der Waals surface area contributed by atoms with Crippen LogP contribution >= 0.6 is 0 Å². The van der Waals surface area contributed by atoms with Gasteiger partial charge in [-0.1, -0.05) is 18.2 Å². The minimum absolute atomic E-state index is 0.0587. The number of para-hydroxylation sites is 1. The Labute approximate surface area is 175 Å². The van der Waals surface area contributed by atoms with Crippen LogP contribution in [-0.2, 0) is 27.3 Å². The third-order valence-electron chi connectivity index (χ3n) is 4.93. The van der Waals surface area contributed by atoms with Gasteiger partial charge in [-0.05, 0) is 29.7 Å². The van der Waals surface area contributed by atoms with Crippen LogP contribution in [0.2, 0.25) is 0 Å². The Balaban J connectivity index is 1.74. The number of benzene rings is 2. The van der Waals surface area contributed by atoms with Crippen molar-refractivity contribution in [2.45, 2.75) is 25.4 Å². The molecule has 0 spiro atoms. The molecule has 3 rings (SSSR count). The van der Waals surface area contributed by atoms with Crippen LogP contribution in [0.4, 0.5) is 18.9 Å². The largest absolute Gasteiger partial charge is 0.480 e. The molecule has 0 radical (unpaired) electrons. The average molecular weight is 435 g/mol. The van der Waals surface area contributed by atoms with Crippen molar-refractivity contribution in [3.8, 4) is 0 Å². The molecule has 1 atom stereocenters. The summed E-state index contributed by atoms with van der Waals surface area (Å²) in [4.78, 5) is 38.9.